The number of nitrogens with one attached hydrogen (secondary N) is 1. The van der Waals surface area contributed by atoms with Crippen LogP contribution in [0.2, 0.25) is 5.02 Å². The number of carbonyl (C=O) groups excluding carboxylic acids is 1. The summed E-state index contributed by atoms with van der Waals surface area (Å²) in [6.45, 7) is 3.87. The average molecular weight is 362 g/mol. The van der Waals surface area contributed by atoms with E-state index in [1.807, 2.05) is 12.1 Å². The SMILES string of the molecule is CC1(NC(=O)CC2CCCN(c3nc4ccc(Cl)cc4o3)C2)CCC1. The predicted molar refractivity (Wildman–Crippen MR) is 99.0 cm³/mol. The van der Waals surface area contributed by atoms with Gasteiger partial charge in [0.1, 0.15) is 5.52 Å². The number of anilines is 1. The maximum absolute atomic E-state index is 12.4. The predicted octanol–water partition coefficient (Wildman–Crippen LogP) is 4.15. The third-order valence-corrected chi connectivity index (χ3v) is 5.74. The number of hydrogen-bond donors (Lipinski definition) is 1. The Kier molecular flexibility index (Phi) is 4.36. The van der Waals surface area contributed by atoms with Crippen molar-refractivity contribution in [1.82, 2.24) is 10.3 Å². The fourth-order valence-electron chi connectivity index (χ4n) is 3.91. The maximum Gasteiger partial charge on any atom is 0.298 e. The van der Waals surface area contributed by atoms with Gasteiger partial charge >= 0.3 is 0 Å². The summed E-state index contributed by atoms with van der Waals surface area (Å²) in [5.74, 6) is 0.523. The van der Waals surface area contributed by atoms with Gasteiger partial charge in [-0.15, -0.1) is 0 Å². The molecule has 134 valence electrons. The zero-order valence-corrected chi connectivity index (χ0v) is 15.3. The van der Waals surface area contributed by atoms with Gasteiger partial charge in [-0.2, -0.15) is 4.98 Å². The molecule has 2 aromatic rings. The number of benzene rings is 1. The van der Waals surface area contributed by atoms with Gasteiger partial charge in [0.25, 0.3) is 6.01 Å². The first-order valence-corrected chi connectivity index (χ1v) is 9.51. The van der Waals surface area contributed by atoms with E-state index in [-0.39, 0.29) is 11.4 Å². The molecule has 1 aliphatic heterocycles. The summed E-state index contributed by atoms with van der Waals surface area (Å²) in [6, 6.07) is 6.12. The Balaban J connectivity index is 1.40. The molecule has 6 heteroatoms. The standard InChI is InChI=1S/C19H24ClN3O2/c1-19(7-3-8-19)22-17(24)10-13-4-2-9-23(12-13)18-21-15-6-5-14(20)11-16(15)25-18/h5-6,11,13H,2-4,7-10,12H2,1H3,(H,22,24). The summed E-state index contributed by atoms with van der Waals surface area (Å²) in [5.41, 5.74) is 1.56. The molecule has 1 aromatic carbocycles. The van der Waals surface area contributed by atoms with Gasteiger partial charge in [0.05, 0.1) is 0 Å². The quantitative estimate of drug-likeness (QED) is 0.888. The van der Waals surface area contributed by atoms with E-state index in [9.17, 15) is 4.79 Å². The fraction of sp³-hybridized carbons (Fsp3) is 0.579. The second-order valence-corrected chi connectivity index (χ2v) is 8.17. The summed E-state index contributed by atoms with van der Waals surface area (Å²) in [6.07, 6.45) is 6.12. The van der Waals surface area contributed by atoms with Crippen molar-refractivity contribution in [2.45, 2.75) is 51.0 Å². The molecule has 1 aliphatic carbocycles. The zero-order valence-electron chi connectivity index (χ0n) is 14.6. The normalized spacial score (nSPS) is 22.6. The van der Waals surface area contributed by atoms with Crippen molar-refractivity contribution in [2.75, 3.05) is 18.0 Å². The van der Waals surface area contributed by atoms with Crippen LogP contribution < -0.4 is 10.2 Å². The van der Waals surface area contributed by atoms with Gasteiger partial charge in [0.2, 0.25) is 5.91 Å². The van der Waals surface area contributed by atoms with Crippen molar-refractivity contribution < 1.29 is 9.21 Å². The molecule has 2 fully saturated rings. The van der Waals surface area contributed by atoms with E-state index < -0.39 is 0 Å². The third kappa shape index (κ3) is 3.61. The van der Waals surface area contributed by atoms with Crippen LogP contribution in [0.25, 0.3) is 11.1 Å². The molecule has 0 spiro atoms. The minimum absolute atomic E-state index is 0.0327. The lowest BCUT2D eigenvalue weighted by Gasteiger charge is -2.40. The van der Waals surface area contributed by atoms with Crippen molar-refractivity contribution in [1.29, 1.82) is 0 Å². The highest BCUT2D eigenvalue weighted by molar-refractivity contribution is 6.31. The van der Waals surface area contributed by atoms with Crippen LogP contribution in [0.4, 0.5) is 6.01 Å². The maximum atomic E-state index is 12.4. The Morgan fingerprint density at radius 1 is 1.44 bits per heavy atom. The summed E-state index contributed by atoms with van der Waals surface area (Å²) >= 11 is 6.02. The van der Waals surface area contributed by atoms with E-state index in [1.165, 1.54) is 6.42 Å². The van der Waals surface area contributed by atoms with Crippen LogP contribution in [0.1, 0.15) is 45.4 Å². The molecule has 2 aliphatic rings. The van der Waals surface area contributed by atoms with Crippen molar-refractivity contribution in [2.24, 2.45) is 5.92 Å². The molecule has 1 atom stereocenters. The highest BCUT2D eigenvalue weighted by Gasteiger charge is 2.34. The number of piperidine rings is 1. The highest BCUT2D eigenvalue weighted by Crippen LogP contribution is 2.32. The minimum Gasteiger partial charge on any atom is -0.423 e. The second-order valence-electron chi connectivity index (χ2n) is 7.73. The topological polar surface area (TPSA) is 58.4 Å². The molecule has 1 aromatic heterocycles. The lowest BCUT2D eigenvalue weighted by molar-refractivity contribution is -0.124. The van der Waals surface area contributed by atoms with Crippen LogP contribution in [0.15, 0.2) is 22.6 Å². The molecule has 2 heterocycles. The monoisotopic (exact) mass is 361 g/mol. The average Bonchev–Trinajstić information content (AvgIpc) is 2.96. The Morgan fingerprint density at radius 2 is 2.28 bits per heavy atom. The molecule has 1 amide bonds. The van der Waals surface area contributed by atoms with Gasteiger partial charge in [-0.1, -0.05) is 11.6 Å². The lowest BCUT2D eigenvalue weighted by atomic mass is 9.78. The van der Waals surface area contributed by atoms with Gasteiger partial charge in [-0.05, 0) is 57.1 Å². The summed E-state index contributed by atoms with van der Waals surface area (Å²) in [4.78, 5) is 19.1. The van der Waals surface area contributed by atoms with Crippen molar-refractivity contribution >= 4 is 34.6 Å². The van der Waals surface area contributed by atoms with Crippen LogP contribution >= 0.6 is 11.6 Å². The van der Waals surface area contributed by atoms with E-state index in [0.717, 1.165) is 44.3 Å². The molecular formula is C19H24ClN3O2. The molecule has 1 saturated carbocycles. The van der Waals surface area contributed by atoms with Crippen molar-refractivity contribution in [3.8, 4) is 0 Å². The number of carbonyl (C=O) groups is 1. The van der Waals surface area contributed by atoms with E-state index >= 15 is 0 Å². The number of amides is 1. The smallest absolute Gasteiger partial charge is 0.298 e. The summed E-state index contributed by atoms with van der Waals surface area (Å²) in [5, 5.41) is 3.86. The molecule has 0 radical (unpaired) electrons. The number of oxazole rings is 1. The number of rotatable bonds is 4. The largest absolute Gasteiger partial charge is 0.423 e. The molecule has 4 rings (SSSR count). The number of fused-ring (bicyclic) bond motifs is 1. The Labute approximate surface area is 152 Å². The van der Waals surface area contributed by atoms with E-state index in [4.69, 9.17) is 16.0 Å². The number of hydrogen-bond acceptors (Lipinski definition) is 4. The third-order valence-electron chi connectivity index (χ3n) is 5.50. The van der Waals surface area contributed by atoms with E-state index in [1.54, 1.807) is 6.07 Å². The van der Waals surface area contributed by atoms with E-state index in [0.29, 0.717) is 29.0 Å². The Bertz CT molecular complexity index is 784. The van der Waals surface area contributed by atoms with E-state index in [2.05, 4.69) is 22.1 Å². The summed E-state index contributed by atoms with van der Waals surface area (Å²) in [7, 11) is 0. The Morgan fingerprint density at radius 3 is 3.04 bits per heavy atom. The minimum atomic E-state index is 0.0327. The van der Waals surface area contributed by atoms with Gasteiger partial charge < -0.3 is 14.6 Å². The van der Waals surface area contributed by atoms with Crippen molar-refractivity contribution in [3.63, 3.8) is 0 Å². The van der Waals surface area contributed by atoms with Crippen LogP contribution in [0.3, 0.4) is 0 Å². The first-order chi connectivity index (χ1) is 12.0. The van der Waals surface area contributed by atoms with Gasteiger partial charge in [0.15, 0.2) is 5.58 Å². The molecule has 1 N–H and O–H groups in total. The molecule has 5 nitrogen and oxygen atoms in total. The lowest BCUT2D eigenvalue weighted by Crippen LogP contribution is -2.51. The first-order valence-electron chi connectivity index (χ1n) is 9.13. The van der Waals surface area contributed by atoms with Gasteiger partial charge in [0, 0.05) is 36.1 Å². The zero-order chi connectivity index (χ0) is 17.4. The van der Waals surface area contributed by atoms with Crippen molar-refractivity contribution in [3.05, 3.63) is 23.2 Å². The van der Waals surface area contributed by atoms with Gasteiger partial charge in [-0.3, -0.25) is 4.79 Å². The number of halogens is 1. The molecular weight excluding hydrogens is 338 g/mol. The van der Waals surface area contributed by atoms with Crippen LogP contribution in [0, 0.1) is 5.92 Å². The molecule has 0 bridgehead atoms. The molecule has 25 heavy (non-hydrogen) atoms. The number of aromatic nitrogens is 1. The highest BCUT2D eigenvalue weighted by atomic mass is 35.5. The number of nitrogens with zero attached hydrogens (tertiary/aromatic N) is 2. The Hall–Kier alpha value is -1.75. The fourth-order valence-corrected chi connectivity index (χ4v) is 4.07. The van der Waals surface area contributed by atoms with Crippen LogP contribution in [0.5, 0.6) is 0 Å². The molecule has 1 unspecified atom stereocenters. The molecule has 1 saturated heterocycles. The summed E-state index contributed by atoms with van der Waals surface area (Å²) < 4.78 is 5.88. The second kappa shape index (κ2) is 6.52. The van der Waals surface area contributed by atoms with Gasteiger partial charge in [-0.25, -0.2) is 0 Å². The van der Waals surface area contributed by atoms with Crippen LogP contribution in [-0.2, 0) is 4.79 Å². The first kappa shape index (κ1) is 16.7. The van der Waals surface area contributed by atoms with Crippen LogP contribution in [-0.4, -0.2) is 29.5 Å².